The molecule has 0 aliphatic heterocycles. The topological polar surface area (TPSA) is 117 Å². The molecule has 3 aromatic rings. The van der Waals surface area contributed by atoms with Crippen molar-refractivity contribution in [2.24, 2.45) is 0 Å². The van der Waals surface area contributed by atoms with Crippen molar-refractivity contribution in [2.45, 2.75) is 75.1 Å². The molecule has 0 saturated heterocycles. The van der Waals surface area contributed by atoms with Gasteiger partial charge in [-0.1, -0.05) is 71.9 Å². The van der Waals surface area contributed by atoms with Crippen LogP contribution in [0.5, 0.6) is 11.6 Å². The van der Waals surface area contributed by atoms with Crippen molar-refractivity contribution in [3.63, 3.8) is 0 Å². The highest BCUT2D eigenvalue weighted by Gasteiger charge is 2.35. The SMILES string of the molecule is CC(C)(C)c1cc(CCCOc2no[n+]([O-])c2S(=O)(=O)c2ccccc2)cc(C(C)(C)C)c1O. The molecule has 0 unspecified atom stereocenters. The summed E-state index contributed by atoms with van der Waals surface area (Å²) in [5.74, 6) is -0.0475. The standard InChI is InChI=1S/C25H32N2O6S/c1-24(2,3)19-15-17(16-20(21(19)28)25(4,5)6)11-10-14-32-22-23(27(29)33-26-22)34(30,31)18-12-8-7-9-13-18/h7-9,12-13,15-16,28H,10-11,14H2,1-6H3. The molecule has 1 N–H and O–H groups in total. The van der Waals surface area contributed by atoms with Gasteiger partial charge in [0.1, 0.15) is 5.75 Å². The second kappa shape index (κ2) is 9.29. The van der Waals surface area contributed by atoms with Crippen molar-refractivity contribution in [1.29, 1.82) is 0 Å². The lowest BCUT2D eigenvalue weighted by Gasteiger charge is -2.28. The van der Waals surface area contributed by atoms with Crippen molar-refractivity contribution < 1.29 is 27.8 Å². The molecule has 0 aliphatic carbocycles. The van der Waals surface area contributed by atoms with Gasteiger partial charge in [-0.05, 0) is 57.4 Å². The Morgan fingerprint density at radius 1 is 1.03 bits per heavy atom. The maximum atomic E-state index is 12.9. The molecule has 2 aromatic carbocycles. The lowest BCUT2D eigenvalue weighted by atomic mass is 9.78. The minimum Gasteiger partial charge on any atom is -0.507 e. The highest BCUT2D eigenvalue weighted by atomic mass is 32.2. The number of aromatic nitrogens is 2. The van der Waals surface area contributed by atoms with Gasteiger partial charge in [-0.2, -0.15) is 0 Å². The summed E-state index contributed by atoms with van der Waals surface area (Å²) in [6, 6.07) is 11.6. The molecule has 0 bridgehead atoms. The van der Waals surface area contributed by atoms with Crippen LogP contribution in [0.1, 0.15) is 64.7 Å². The van der Waals surface area contributed by atoms with Gasteiger partial charge < -0.3 is 15.1 Å². The highest BCUT2D eigenvalue weighted by Crippen LogP contribution is 2.40. The van der Waals surface area contributed by atoms with E-state index in [0.717, 1.165) is 16.7 Å². The summed E-state index contributed by atoms with van der Waals surface area (Å²) in [6.07, 6.45) is 1.16. The van der Waals surface area contributed by atoms with Gasteiger partial charge >= 0.3 is 10.9 Å². The number of benzene rings is 2. The van der Waals surface area contributed by atoms with Crippen LogP contribution in [0.15, 0.2) is 57.0 Å². The molecular weight excluding hydrogens is 456 g/mol. The Morgan fingerprint density at radius 2 is 1.59 bits per heavy atom. The molecule has 1 heterocycles. The zero-order valence-electron chi connectivity index (χ0n) is 20.5. The Labute approximate surface area is 200 Å². The van der Waals surface area contributed by atoms with Crippen LogP contribution in [-0.2, 0) is 27.1 Å². The largest absolute Gasteiger partial charge is 0.507 e. The summed E-state index contributed by atoms with van der Waals surface area (Å²) in [7, 11) is -4.15. The number of rotatable bonds is 7. The van der Waals surface area contributed by atoms with Gasteiger partial charge in [0.2, 0.25) is 0 Å². The van der Waals surface area contributed by atoms with Crippen molar-refractivity contribution in [3.05, 3.63) is 64.4 Å². The predicted molar refractivity (Wildman–Crippen MR) is 127 cm³/mol. The van der Waals surface area contributed by atoms with E-state index < -0.39 is 14.9 Å². The zero-order valence-corrected chi connectivity index (χ0v) is 21.3. The molecule has 0 amide bonds. The first-order valence-corrected chi connectivity index (χ1v) is 12.6. The van der Waals surface area contributed by atoms with E-state index in [-0.39, 0.29) is 33.1 Å². The van der Waals surface area contributed by atoms with Gasteiger partial charge in [0.15, 0.2) is 0 Å². The quantitative estimate of drug-likeness (QED) is 0.386. The fourth-order valence-electron chi connectivity index (χ4n) is 3.67. The summed E-state index contributed by atoms with van der Waals surface area (Å²) < 4.78 is 35.8. The first kappa shape index (κ1) is 25.6. The number of hydrogen-bond acceptors (Lipinski definition) is 7. The molecule has 9 heteroatoms. The number of aryl methyl sites for hydroxylation is 1. The first-order chi connectivity index (χ1) is 15.7. The van der Waals surface area contributed by atoms with Gasteiger partial charge in [-0.25, -0.2) is 8.42 Å². The predicted octanol–water partition coefficient (Wildman–Crippen LogP) is 4.45. The van der Waals surface area contributed by atoms with Gasteiger partial charge in [0.25, 0.3) is 9.84 Å². The average Bonchev–Trinajstić information content (AvgIpc) is 3.12. The number of aromatic hydroxyl groups is 1. The van der Waals surface area contributed by atoms with Crippen LogP contribution >= 0.6 is 0 Å². The Kier molecular flexibility index (Phi) is 6.98. The van der Waals surface area contributed by atoms with Crippen LogP contribution < -0.4 is 9.64 Å². The van der Waals surface area contributed by atoms with E-state index in [1.807, 2.05) is 12.1 Å². The molecule has 3 rings (SSSR count). The first-order valence-electron chi connectivity index (χ1n) is 11.1. The third kappa shape index (κ3) is 5.35. The Hall–Kier alpha value is -3.07. The smallest absolute Gasteiger partial charge is 0.414 e. The number of hydrogen-bond donors (Lipinski definition) is 1. The van der Waals surface area contributed by atoms with E-state index in [1.54, 1.807) is 18.2 Å². The summed E-state index contributed by atoms with van der Waals surface area (Å²) >= 11 is 0. The van der Waals surface area contributed by atoms with Crippen LogP contribution in [0.2, 0.25) is 0 Å². The fourth-order valence-corrected chi connectivity index (χ4v) is 4.96. The van der Waals surface area contributed by atoms with Crippen LogP contribution in [0, 0.1) is 5.21 Å². The van der Waals surface area contributed by atoms with Crippen LogP contribution in [-0.4, -0.2) is 25.3 Å². The number of phenolic OH excluding ortho intramolecular Hbond substituents is 1. The molecule has 34 heavy (non-hydrogen) atoms. The molecular formula is C25H32N2O6S. The van der Waals surface area contributed by atoms with Gasteiger partial charge in [0.05, 0.1) is 16.7 Å². The summed E-state index contributed by atoms with van der Waals surface area (Å²) in [4.78, 5) is -0.204. The van der Waals surface area contributed by atoms with E-state index in [0.29, 0.717) is 18.6 Å². The van der Waals surface area contributed by atoms with E-state index >= 15 is 0 Å². The van der Waals surface area contributed by atoms with E-state index in [4.69, 9.17) is 4.74 Å². The lowest BCUT2D eigenvalue weighted by Crippen LogP contribution is -2.31. The van der Waals surface area contributed by atoms with Crippen molar-refractivity contribution >= 4 is 9.84 Å². The van der Waals surface area contributed by atoms with Crippen molar-refractivity contribution in [1.82, 2.24) is 5.16 Å². The summed E-state index contributed by atoms with van der Waals surface area (Å²) in [5.41, 5.74) is 2.30. The highest BCUT2D eigenvalue weighted by molar-refractivity contribution is 7.91. The van der Waals surface area contributed by atoms with E-state index in [1.165, 1.54) is 12.1 Å². The van der Waals surface area contributed by atoms with Crippen molar-refractivity contribution in [2.75, 3.05) is 6.61 Å². The average molecular weight is 489 g/mol. The van der Waals surface area contributed by atoms with E-state index in [2.05, 4.69) is 51.3 Å². The molecule has 0 atom stereocenters. The number of ether oxygens (including phenoxy) is 1. The normalized spacial score (nSPS) is 12.6. The molecule has 0 spiro atoms. The Balaban J connectivity index is 1.78. The maximum absolute atomic E-state index is 12.9. The molecule has 0 radical (unpaired) electrons. The third-order valence-electron chi connectivity index (χ3n) is 5.49. The van der Waals surface area contributed by atoms with Crippen LogP contribution in [0.25, 0.3) is 0 Å². The van der Waals surface area contributed by atoms with Crippen LogP contribution in [0.4, 0.5) is 0 Å². The second-order valence-electron chi connectivity index (χ2n) is 10.3. The number of phenols is 1. The molecule has 184 valence electrons. The van der Waals surface area contributed by atoms with Crippen LogP contribution in [0.3, 0.4) is 0 Å². The summed E-state index contributed by atoms with van der Waals surface area (Å²) in [6.45, 7) is 12.5. The fraction of sp³-hybridized carbons (Fsp3) is 0.440. The minimum atomic E-state index is -4.15. The monoisotopic (exact) mass is 488 g/mol. The Bertz CT molecular complexity index is 1220. The minimum absolute atomic E-state index is 0.0545. The second-order valence-corrected chi connectivity index (χ2v) is 12.2. The molecule has 8 nitrogen and oxygen atoms in total. The number of nitrogens with zero attached hydrogens (tertiary/aromatic N) is 2. The van der Waals surface area contributed by atoms with Gasteiger partial charge in [-0.15, -0.1) is 0 Å². The van der Waals surface area contributed by atoms with Gasteiger partial charge in [-0.3, -0.25) is 4.63 Å². The maximum Gasteiger partial charge on any atom is 0.414 e. The summed E-state index contributed by atoms with van der Waals surface area (Å²) in [5, 5.41) is 25.7. The molecule has 1 aromatic heterocycles. The lowest BCUT2D eigenvalue weighted by molar-refractivity contribution is -0.832. The third-order valence-corrected chi connectivity index (χ3v) is 7.21. The van der Waals surface area contributed by atoms with Crippen molar-refractivity contribution in [3.8, 4) is 11.6 Å². The number of sulfone groups is 1. The van der Waals surface area contributed by atoms with Gasteiger partial charge in [0, 0.05) is 0 Å². The molecule has 0 saturated carbocycles. The Morgan fingerprint density at radius 3 is 2.12 bits per heavy atom. The zero-order chi connectivity index (χ0) is 25.3. The molecule has 0 fully saturated rings. The molecule has 0 aliphatic rings. The van der Waals surface area contributed by atoms with E-state index in [9.17, 15) is 18.7 Å².